The van der Waals surface area contributed by atoms with E-state index in [4.69, 9.17) is 9.84 Å². The molecular weight excluding hydrogens is 364 g/mol. The van der Waals surface area contributed by atoms with Crippen molar-refractivity contribution in [1.82, 2.24) is 4.90 Å². The number of benzene rings is 2. The highest BCUT2D eigenvalue weighted by molar-refractivity contribution is 8.18. The van der Waals surface area contributed by atoms with Crippen LogP contribution in [-0.4, -0.2) is 41.2 Å². The number of likely N-dealkylation sites (N-methyl/N-ethyl adjacent to an activating group) is 1. The van der Waals surface area contributed by atoms with Gasteiger partial charge in [-0.1, -0.05) is 12.1 Å². The van der Waals surface area contributed by atoms with Gasteiger partial charge in [-0.2, -0.15) is 0 Å². The number of carboxylic acids is 1. The maximum Gasteiger partial charge on any atom is 0.335 e. The molecule has 27 heavy (non-hydrogen) atoms. The van der Waals surface area contributed by atoms with Crippen LogP contribution in [0.25, 0.3) is 6.08 Å². The maximum absolute atomic E-state index is 12.5. The Morgan fingerprint density at radius 3 is 2.70 bits per heavy atom. The highest BCUT2D eigenvalue weighted by atomic mass is 32.2. The maximum atomic E-state index is 12.5. The van der Waals surface area contributed by atoms with E-state index >= 15 is 0 Å². The molecule has 0 unspecified atom stereocenters. The van der Waals surface area contributed by atoms with Crippen molar-refractivity contribution in [3.8, 4) is 5.75 Å². The number of aliphatic imine (C=N–C) groups is 1. The van der Waals surface area contributed by atoms with E-state index in [1.807, 2.05) is 31.2 Å². The molecular formula is C20H18N2O4S. The Bertz CT molecular complexity index is 982. The van der Waals surface area contributed by atoms with Gasteiger partial charge in [0.15, 0.2) is 5.17 Å². The van der Waals surface area contributed by atoms with Gasteiger partial charge in [-0.3, -0.25) is 9.69 Å². The van der Waals surface area contributed by atoms with Crippen LogP contribution in [0.4, 0.5) is 5.69 Å². The summed E-state index contributed by atoms with van der Waals surface area (Å²) in [5, 5.41) is 9.59. The molecule has 1 amide bonds. The summed E-state index contributed by atoms with van der Waals surface area (Å²) < 4.78 is 5.26. The first-order chi connectivity index (χ1) is 12.9. The minimum Gasteiger partial charge on any atom is -0.496 e. The summed E-state index contributed by atoms with van der Waals surface area (Å²) in [5.41, 5.74) is 2.51. The first-order valence-corrected chi connectivity index (χ1v) is 8.95. The normalized spacial score (nSPS) is 17.0. The van der Waals surface area contributed by atoms with Crippen LogP contribution in [0.15, 0.2) is 52.4 Å². The molecule has 1 aliphatic heterocycles. The number of methoxy groups -OCH3 is 1. The van der Waals surface area contributed by atoms with E-state index in [2.05, 4.69) is 4.99 Å². The zero-order valence-corrected chi connectivity index (χ0v) is 15.9. The third kappa shape index (κ3) is 4.03. The number of thioether (sulfide) groups is 1. The predicted octanol–water partition coefficient (Wildman–Crippen LogP) is 3.94. The molecule has 0 atom stereocenters. The van der Waals surface area contributed by atoms with Gasteiger partial charge < -0.3 is 9.84 Å². The number of amides is 1. The molecule has 7 heteroatoms. The molecule has 0 aliphatic carbocycles. The fourth-order valence-corrected chi connectivity index (χ4v) is 3.60. The number of hydrogen-bond acceptors (Lipinski definition) is 5. The minimum atomic E-state index is -1.02. The molecule has 0 aromatic heterocycles. The quantitative estimate of drug-likeness (QED) is 0.811. The smallest absolute Gasteiger partial charge is 0.335 e. The van der Waals surface area contributed by atoms with Gasteiger partial charge in [-0.05, 0) is 66.2 Å². The van der Waals surface area contributed by atoms with E-state index in [1.165, 1.54) is 28.8 Å². The van der Waals surface area contributed by atoms with Crippen molar-refractivity contribution in [2.24, 2.45) is 4.99 Å². The van der Waals surface area contributed by atoms with Gasteiger partial charge in [0, 0.05) is 7.05 Å². The summed E-state index contributed by atoms with van der Waals surface area (Å²) in [6.45, 7) is 1.94. The molecule has 6 nitrogen and oxygen atoms in total. The molecule has 0 bridgehead atoms. The molecule has 138 valence electrons. The van der Waals surface area contributed by atoms with E-state index in [1.54, 1.807) is 26.3 Å². The Balaban J connectivity index is 1.89. The molecule has 0 radical (unpaired) electrons. The van der Waals surface area contributed by atoms with Crippen LogP contribution in [0.3, 0.4) is 0 Å². The SMILES string of the molecule is COc1ccc(/C=C2/SC(=Nc3cccc(C(=O)O)c3)N(C)C2=O)cc1C. The monoisotopic (exact) mass is 382 g/mol. The number of nitrogens with zero attached hydrogens (tertiary/aromatic N) is 2. The topological polar surface area (TPSA) is 79.2 Å². The summed E-state index contributed by atoms with van der Waals surface area (Å²) in [6, 6.07) is 12.0. The van der Waals surface area contributed by atoms with E-state index in [9.17, 15) is 9.59 Å². The van der Waals surface area contributed by atoms with Crippen molar-refractivity contribution < 1.29 is 19.4 Å². The number of rotatable bonds is 4. The third-order valence-electron chi connectivity index (χ3n) is 4.04. The molecule has 2 aromatic carbocycles. The Morgan fingerprint density at radius 1 is 1.26 bits per heavy atom. The van der Waals surface area contributed by atoms with Gasteiger partial charge in [0.05, 0.1) is 23.3 Å². The Morgan fingerprint density at radius 2 is 2.04 bits per heavy atom. The molecule has 0 saturated carbocycles. The summed E-state index contributed by atoms with van der Waals surface area (Å²) >= 11 is 1.26. The number of aromatic carboxylic acids is 1. The molecule has 1 saturated heterocycles. The van der Waals surface area contributed by atoms with Gasteiger partial charge in [0.1, 0.15) is 5.75 Å². The Labute approximate surface area is 161 Å². The molecule has 1 aliphatic rings. The third-order valence-corrected chi connectivity index (χ3v) is 5.10. The van der Waals surface area contributed by atoms with E-state index < -0.39 is 5.97 Å². The highest BCUT2D eigenvalue weighted by Gasteiger charge is 2.30. The fraction of sp³-hybridized carbons (Fsp3) is 0.150. The predicted molar refractivity (Wildman–Crippen MR) is 107 cm³/mol. The van der Waals surface area contributed by atoms with Crippen LogP contribution in [0.2, 0.25) is 0 Å². The van der Waals surface area contributed by atoms with Crippen molar-refractivity contribution in [2.75, 3.05) is 14.2 Å². The van der Waals surface area contributed by atoms with E-state index in [-0.39, 0.29) is 11.5 Å². The highest BCUT2D eigenvalue weighted by Crippen LogP contribution is 2.33. The largest absolute Gasteiger partial charge is 0.496 e. The van der Waals surface area contributed by atoms with Crippen LogP contribution < -0.4 is 4.74 Å². The van der Waals surface area contributed by atoms with Crippen molar-refractivity contribution in [1.29, 1.82) is 0 Å². The lowest BCUT2D eigenvalue weighted by Gasteiger charge is -2.07. The minimum absolute atomic E-state index is 0.151. The number of ether oxygens (including phenoxy) is 1. The van der Waals surface area contributed by atoms with Crippen LogP contribution in [0, 0.1) is 6.92 Å². The lowest BCUT2D eigenvalue weighted by molar-refractivity contribution is -0.121. The van der Waals surface area contributed by atoms with Crippen LogP contribution in [0.5, 0.6) is 5.75 Å². The summed E-state index contributed by atoms with van der Waals surface area (Å²) in [7, 11) is 3.27. The van der Waals surface area contributed by atoms with E-state index in [0.717, 1.165) is 16.9 Å². The molecule has 3 rings (SSSR count). The van der Waals surface area contributed by atoms with Crippen LogP contribution in [-0.2, 0) is 4.79 Å². The van der Waals surface area contributed by atoms with Crippen molar-refractivity contribution in [3.05, 3.63) is 64.1 Å². The van der Waals surface area contributed by atoms with Gasteiger partial charge in [-0.25, -0.2) is 9.79 Å². The lowest BCUT2D eigenvalue weighted by atomic mass is 10.1. The zero-order valence-electron chi connectivity index (χ0n) is 15.1. The van der Waals surface area contributed by atoms with Gasteiger partial charge in [0.2, 0.25) is 0 Å². The van der Waals surface area contributed by atoms with Gasteiger partial charge >= 0.3 is 5.97 Å². The second kappa shape index (κ2) is 7.67. The standard InChI is InChI=1S/C20H18N2O4S/c1-12-9-13(7-8-16(12)26-3)10-17-18(23)22(2)20(27-17)21-15-6-4-5-14(11-15)19(24)25/h4-11H,1-3H3,(H,24,25)/b17-10+,21-20?. The number of amidine groups is 1. The van der Waals surface area contributed by atoms with E-state index in [0.29, 0.717) is 15.8 Å². The zero-order chi connectivity index (χ0) is 19.6. The average molecular weight is 382 g/mol. The number of carbonyl (C=O) groups excluding carboxylic acids is 1. The lowest BCUT2D eigenvalue weighted by Crippen LogP contribution is -2.23. The summed E-state index contributed by atoms with van der Waals surface area (Å²) in [5.74, 6) is -0.377. The average Bonchev–Trinajstić information content (AvgIpc) is 2.90. The second-order valence-electron chi connectivity index (χ2n) is 5.95. The first-order valence-electron chi connectivity index (χ1n) is 8.13. The number of hydrogen-bond donors (Lipinski definition) is 1. The van der Waals surface area contributed by atoms with Gasteiger partial charge in [-0.15, -0.1) is 0 Å². The summed E-state index contributed by atoms with van der Waals surface area (Å²) in [6.07, 6.45) is 1.81. The van der Waals surface area contributed by atoms with Crippen LogP contribution >= 0.6 is 11.8 Å². The van der Waals surface area contributed by atoms with Crippen molar-refractivity contribution >= 4 is 40.6 Å². The number of carbonyl (C=O) groups is 2. The van der Waals surface area contributed by atoms with Crippen molar-refractivity contribution in [2.45, 2.75) is 6.92 Å². The number of carboxylic acid groups (broad SMARTS) is 1. The Hall–Kier alpha value is -3.06. The van der Waals surface area contributed by atoms with Gasteiger partial charge in [0.25, 0.3) is 5.91 Å². The molecule has 1 fully saturated rings. The first kappa shape index (κ1) is 18.7. The summed E-state index contributed by atoms with van der Waals surface area (Å²) in [4.78, 5) is 30.1. The molecule has 2 aromatic rings. The molecule has 0 spiro atoms. The molecule has 1 N–H and O–H groups in total. The second-order valence-corrected chi connectivity index (χ2v) is 6.96. The van der Waals surface area contributed by atoms with Crippen molar-refractivity contribution in [3.63, 3.8) is 0 Å². The number of aryl methyl sites for hydroxylation is 1. The fourth-order valence-electron chi connectivity index (χ4n) is 2.61. The Kier molecular flexibility index (Phi) is 5.32. The van der Waals surface area contributed by atoms with Crippen LogP contribution in [0.1, 0.15) is 21.5 Å². The molecule has 1 heterocycles.